The van der Waals surface area contributed by atoms with Gasteiger partial charge < -0.3 is 19.3 Å². The van der Waals surface area contributed by atoms with Crippen molar-refractivity contribution in [1.29, 1.82) is 0 Å². The molecule has 0 atom stereocenters. The molecule has 0 aromatic heterocycles. The molecule has 1 heterocycles. The van der Waals surface area contributed by atoms with Crippen molar-refractivity contribution in [1.82, 2.24) is 9.80 Å². The summed E-state index contributed by atoms with van der Waals surface area (Å²) in [5, 5.41) is 2.12. The lowest BCUT2D eigenvalue weighted by molar-refractivity contribution is -0.154. The number of likely N-dealkylation sites (tertiary alicyclic amines) is 1. The van der Waals surface area contributed by atoms with E-state index < -0.39 is 5.97 Å². The second-order valence-corrected chi connectivity index (χ2v) is 7.58. The standard InChI is InChI=1S/C23H28N2O5/c1-24(14-17-7-8-19-13-20(29-2)10-9-18(19)12-17)22(27)16-30-23(28)15-25-11-5-3-4-6-21(25)26/h7-10,12-13H,3-6,11,14-16H2,1-2H3. The Kier molecular flexibility index (Phi) is 7.27. The van der Waals surface area contributed by atoms with Gasteiger partial charge in [0.2, 0.25) is 5.91 Å². The van der Waals surface area contributed by atoms with Gasteiger partial charge in [-0.05, 0) is 47.4 Å². The maximum Gasteiger partial charge on any atom is 0.326 e. The Morgan fingerprint density at radius 2 is 1.83 bits per heavy atom. The number of fused-ring (bicyclic) bond motifs is 1. The number of amides is 2. The van der Waals surface area contributed by atoms with Crippen LogP contribution in [-0.2, 0) is 25.7 Å². The van der Waals surface area contributed by atoms with Gasteiger partial charge in [0.05, 0.1) is 7.11 Å². The van der Waals surface area contributed by atoms with E-state index in [0.717, 1.165) is 41.3 Å². The molecule has 0 spiro atoms. The van der Waals surface area contributed by atoms with Crippen LogP contribution in [0.4, 0.5) is 0 Å². The molecule has 2 amide bonds. The van der Waals surface area contributed by atoms with Crippen LogP contribution in [0, 0.1) is 0 Å². The van der Waals surface area contributed by atoms with Crippen molar-refractivity contribution in [2.24, 2.45) is 0 Å². The zero-order chi connectivity index (χ0) is 21.5. The number of hydrogen-bond donors (Lipinski definition) is 0. The number of esters is 1. The number of methoxy groups -OCH3 is 1. The van der Waals surface area contributed by atoms with Gasteiger partial charge in [-0.1, -0.05) is 24.6 Å². The van der Waals surface area contributed by atoms with Crippen LogP contribution < -0.4 is 4.74 Å². The van der Waals surface area contributed by atoms with Gasteiger partial charge in [-0.15, -0.1) is 0 Å². The van der Waals surface area contributed by atoms with E-state index in [-0.39, 0.29) is 25.0 Å². The number of nitrogens with zero attached hydrogens (tertiary/aromatic N) is 2. The van der Waals surface area contributed by atoms with E-state index in [1.54, 1.807) is 14.2 Å². The van der Waals surface area contributed by atoms with E-state index in [0.29, 0.717) is 19.5 Å². The monoisotopic (exact) mass is 412 g/mol. The Bertz CT molecular complexity index is 927. The molecule has 0 saturated carbocycles. The third-order valence-corrected chi connectivity index (χ3v) is 5.31. The zero-order valence-corrected chi connectivity index (χ0v) is 17.6. The van der Waals surface area contributed by atoms with Gasteiger partial charge in [0.25, 0.3) is 5.91 Å². The van der Waals surface area contributed by atoms with Crippen LogP contribution in [0.3, 0.4) is 0 Å². The van der Waals surface area contributed by atoms with Gasteiger partial charge in [0, 0.05) is 26.6 Å². The minimum absolute atomic E-state index is 0.0261. The molecule has 160 valence electrons. The second kappa shape index (κ2) is 10.1. The molecule has 1 fully saturated rings. The smallest absolute Gasteiger partial charge is 0.326 e. The lowest BCUT2D eigenvalue weighted by Gasteiger charge is -2.20. The van der Waals surface area contributed by atoms with Gasteiger partial charge >= 0.3 is 5.97 Å². The molecular weight excluding hydrogens is 384 g/mol. The summed E-state index contributed by atoms with van der Waals surface area (Å²) in [5.74, 6) is -0.0694. The highest BCUT2D eigenvalue weighted by molar-refractivity contribution is 5.86. The lowest BCUT2D eigenvalue weighted by Crippen LogP contribution is -2.37. The Morgan fingerprint density at radius 1 is 1.07 bits per heavy atom. The first-order valence-electron chi connectivity index (χ1n) is 10.2. The van der Waals surface area contributed by atoms with Crippen molar-refractivity contribution < 1.29 is 23.9 Å². The van der Waals surface area contributed by atoms with E-state index in [9.17, 15) is 14.4 Å². The summed E-state index contributed by atoms with van der Waals surface area (Å²) in [4.78, 5) is 39.4. The number of carbonyl (C=O) groups excluding carboxylic acids is 3. The predicted molar refractivity (Wildman–Crippen MR) is 113 cm³/mol. The Morgan fingerprint density at radius 3 is 2.63 bits per heavy atom. The van der Waals surface area contributed by atoms with Crippen LogP contribution in [0.15, 0.2) is 36.4 Å². The van der Waals surface area contributed by atoms with Gasteiger partial charge in [0.15, 0.2) is 6.61 Å². The summed E-state index contributed by atoms with van der Waals surface area (Å²) >= 11 is 0. The maximum atomic E-state index is 12.4. The molecule has 3 rings (SSSR count). The van der Waals surface area contributed by atoms with Crippen molar-refractivity contribution in [2.75, 3.05) is 33.9 Å². The van der Waals surface area contributed by atoms with Gasteiger partial charge in [-0.3, -0.25) is 14.4 Å². The van der Waals surface area contributed by atoms with Gasteiger partial charge in [-0.2, -0.15) is 0 Å². The number of benzene rings is 2. The number of hydrogen-bond acceptors (Lipinski definition) is 5. The second-order valence-electron chi connectivity index (χ2n) is 7.58. The molecular formula is C23H28N2O5. The SMILES string of the molecule is COc1ccc2cc(CN(C)C(=O)COC(=O)CN3CCCCCC3=O)ccc2c1. The lowest BCUT2D eigenvalue weighted by atomic mass is 10.1. The molecule has 0 bridgehead atoms. The average Bonchev–Trinajstić information content (AvgIpc) is 2.95. The minimum Gasteiger partial charge on any atom is -0.497 e. The summed E-state index contributed by atoms with van der Waals surface area (Å²) < 4.78 is 10.4. The van der Waals surface area contributed by atoms with Gasteiger partial charge in [0.1, 0.15) is 12.3 Å². The molecule has 0 aliphatic carbocycles. The summed E-state index contributed by atoms with van der Waals surface area (Å²) in [6.45, 7) is 0.546. The van der Waals surface area contributed by atoms with Crippen LogP contribution in [-0.4, -0.2) is 61.4 Å². The quantitative estimate of drug-likeness (QED) is 0.654. The van der Waals surface area contributed by atoms with Crippen molar-refractivity contribution in [3.05, 3.63) is 42.0 Å². The molecule has 2 aromatic carbocycles. The third-order valence-electron chi connectivity index (χ3n) is 5.31. The van der Waals surface area contributed by atoms with Crippen molar-refractivity contribution >= 4 is 28.6 Å². The van der Waals surface area contributed by atoms with Gasteiger partial charge in [-0.25, -0.2) is 0 Å². The first kappa shape index (κ1) is 21.6. The minimum atomic E-state index is -0.549. The van der Waals surface area contributed by atoms with E-state index in [2.05, 4.69) is 0 Å². The highest BCUT2D eigenvalue weighted by atomic mass is 16.5. The van der Waals surface area contributed by atoms with E-state index in [1.165, 1.54) is 9.80 Å². The molecule has 2 aromatic rings. The van der Waals surface area contributed by atoms with Crippen molar-refractivity contribution in [3.63, 3.8) is 0 Å². The number of ether oxygens (including phenoxy) is 2. The highest BCUT2D eigenvalue weighted by Crippen LogP contribution is 2.22. The predicted octanol–water partition coefficient (Wildman–Crippen LogP) is 2.75. The number of likely N-dealkylation sites (N-methyl/N-ethyl adjacent to an activating group) is 1. The van der Waals surface area contributed by atoms with Crippen LogP contribution in [0.1, 0.15) is 31.2 Å². The molecule has 7 nitrogen and oxygen atoms in total. The summed E-state index contributed by atoms with van der Waals surface area (Å²) in [6, 6.07) is 11.8. The molecule has 1 saturated heterocycles. The summed E-state index contributed by atoms with van der Waals surface area (Å²) in [6.07, 6.45) is 3.20. The van der Waals surface area contributed by atoms with Crippen molar-refractivity contribution in [2.45, 2.75) is 32.2 Å². The van der Waals surface area contributed by atoms with Crippen molar-refractivity contribution in [3.8, 4) is 5.75 Å². The first-order valence-corrected chi connectivity index (χ1v) is 10.2. The van der Waals surface area contributed by atoms with E-state index in [4.69, 9.17) is 9.47 Å². The zero-order valence-electron chi connectivity index (χ0n) is 17.6. The fourth-order valence-electron chi connectivity index (χ4n) is 3.52. The van der Waals surface area contributed by atoms with Crippen LogP contribution >= 0.6 is 0 Å². The normalized spacial score (nSPS) is 14.3. The van der Waals surface area contributed by atoms with Crippen LogP contribution in [0.2, 0.25) is 0 Å². The molecule has 7 heteroatoms. The number of rotatable bonds is 7. The molecule has 1 aliphatic heterocycles. The largest absolute Gasteiger partial charge is 0.497 e. The van der Waals surface area contributed by atoms with E-state index in [1.807, 2.05) is 36.4 Å². The fourth-order valence-corrected chi connectivity index (χ4v) is 3.52. The molecule has 1 aliphatic rings. The highest BCUT2D eigenvalue weighted by Gasteiger charge is 2.21. The fraction of sp³-hybridized carbons (Fsp3) is 0.435. The summed E-state index contributed by atoms with van der Waals surface area (Å²) in [7, 11) is 3.31. The Hall–Kier alpha value is -3.09. The first-order chi connectivity index (χ1) is 14.5. The third kappa shape index (κ3) is 5.72. The summed E-state index contributed by atoms with van der Waals surface area (Å²) in [5.41, 5.74) is 0.977. The average molecular weight is 412 g/mol. The van der Waals surface area contributed by atoms with Crippen LogP contribution in [0.5, 0.6) is 5.75 Å². The molecule has 0 radical (unpaired) electrons. The Labute approximate surface area is 176 Å². The maximum absolute atomic E-state index is 12.4. The van der Waals surface area contributed by atoms with E-state index >= 15 is 0 Å². The number of carbonyl (C=O) groups is 3. The topological polar surface area (TPSA) is 76.2 Å². The molecule has 0 unspecified atom stereocenters. The Balaban J connectivity index is 1.50. The molecule has 0 N–H and O–H groups in total. The van der Waals surface area contributed by atoms with Crippen LogP contribution in [0.25, 0.3) is 10.8 Å². The molecule has 30 heavy (non-hydrogen) atoms.